The molecule has 1 spiro atoms. The van der Waals surface area contributed by atoms with Crippen LogP contribution in [0.4, 0.5) is 0 Å². The number of ketones is 1. The second-order valence-electron chi connectivity index (χ2n) is 5.81. The first kappa shape index (κ1) is 11.6. The lowest BCUT2D eigenvalue weighted by atomic mass is 9.66. The standard InChI is InChI=1S/C15H22O/c1-10(2)14-13(16)9-12(4)15(14)7-5-11(3)6-8-15/h5,12H,6-9H2,1-4H3/t12-,15+/m0/s1. The van der Waals surface area contributed by atoms with Crippen molar-refractivity contribution in [3.63, 3.8) is 0 Å². The summed E-state index contributed by atoms with van der Waals surface area (Å²) in [6, 6.07) is 0. The van der Waals surface area contributed by atoms with Gasteiger partial charge in [-0.3, -0.25) is 4.79 Å². The summed E-state index contributed by atoms with van der Waals surface area (Å²) < 4.78 is 0. The van der Waals surface area contributed by atoms with Gasteiger partial charge in [0.05, 0.1) is 0 Å². The SMILES string of the molecule is CC1=CC[C@]2(CC1)C(=C(C)C)C(=O)C[C@@H]2C. The van der Waals surface area contributed by atoms with Crippen LogP contribution in [0.2, 0.25) is 0 Å². The zero-order valence-corrected chi connectivity index (χ0v) is 10.9. The molecule has 0 N–H and O–H groups in total. The van der Waals surface area contributed by atoms with Crippen molar-refractivity contribution in [3.05, 3.63) is 22.8 Å². The van der Waals surface area contributed by atoms with Crippen LogP contribution in [-0.4, -0.2) is 5.78 Å². The lowest BCUT2D eigenvalue weighted by Gasteiger charge is -2.37. The molecule has 88 valence electrons. The van der Waals surface area contributed by atoms with E-state index in [-0.39, 0.29) is 5.41 Å². The minimum atomic E-state index is 0.176. The molecule has 2 aliphatic carbocycles. The fourth-order valence-electron chi connectivity index (χ4n) is 3.53. The Bertz CT molecular complexity index is 382. The molecule has 0 aliphatic heterocycles. The van der Waals surface area contributed by atoms with Gasteiger partial charge in [0.15, 0.2) is 5.78 Å². The van der Waals surface area contributed by atoms with E-state index in [9.17, 15) is 4.79 Å². The van der Waals surface area contributed by atoms with Crippen LogP contribution in [0.5, 0.6) is 0 Å². The highest BCUT2D eigenvalue weighted by Gasteiger charge is 2.48. The Hall–Kier alpha value is -0.850. The molecule has 1 heteroatoms. The Kier molecular flexibility index (Phi) is 2.81. The largest absolute Gasteiger partial charge is 0.295 e. The second kappa shape index (κ2) is 3.87. The molecule has 2 rings (SSSR count). The van der Waals surface area contributed by atoms with E-state index in [0.717, 1.165) is 24.8 Å². The molecule has 1 saturated carbocycles. The molecule has 0 heterocycles. The van der Waals surface area contributed by atoms with E-state index in [1.54, 1.807) is 0 Å². The Labute approximate surface area is 98.6 Å². The average molecular weight is 218 g/mol. The van der Waals surface area contributed by atoms with Crippen LogP contribution < -0.4 is 0 Å². The number of carbonyl (C=O) groups is 1. The molecule has 0 aromatic rings. The summed E-state index contributed by atoms with van der Waals surface area (Å²) in [7, 11) is 0. The second-order valence-corrected chi connectivity index (χ2v) is 5.81. The van der Waals surface area contributed by atoms with Crippen LogP contribution in [0.15, 0.2) is 22.8 Å². The van der Waals surface area contributed by atoms with Crippen molar-refractivity contribution in [2.24, 2.45) is 11.3 Å². The molecule has 0 aromatic heterocycles. The van der Waals surface area contributed by atoms with Gasteiger partial charge in [0.1, 0.15) is 0 Å². The van der Waals surface area contributed by atoms with E-state index in [1.807, 2.05) is 0 Å². The Morgan fingerprint density at radius 3 is 2.62 bits per heavy atom. The van der Waals surface area contributed by atoms with Crippen molar-refractivity contribution in [2.75, 3.05) is 0 Å². The number of hydrogen-bond donors (Lipinski definition) is 0. The molecule has 1 nitrogen and oxygen atoms in total. The van der Waals surface area contributed by atoms with Gasteiger partial charge in [0.25, 0.3) is 0 Å². The number of rotatable bonds is 0. The van der Waals surface area contributed by atoms with E-state index in [0.29, 0.717) is 11.7 Å². The van der Waals surface area contributed by atoms with Gasteiger partial charge in [-0.1, -0.05) is 24.1 Å². The monoisotopic (exact) mass is 218 g/mol. The molecule has 2 atom stereocenters. The Morgan fingerprint density at radius 2 is 2.12 bits per heavy atom. The Balaban J connectivity index is 2.46. The van der Waals surface area contributed by atoms with E-state index in [2.05, 4.69) is 33.8 Å². The number of allylic oxidation sites excluding steroid dienone is 4. The van der Waals surface area contributed by atoms with Crippen molar-refractivity contribution in [1.29, 1.82) is 0 Å². The molecule has 0 amide bonds. The van der Waals surface area contributed by atoms with Crippen molar-refractivity contribution in [3.8, 4) is 0 Å². The molecular formula is C15H22O. The number of hydrogen-bond acceptors (Lipinski definition) is 1. The minimum absolute atomic E-state index is 0.176. The maximum atomic E-state index is 12.1. The van der Waals surface area contributed by atoms with E-state index >= 15 is 0 Å². The van der Waals surface area contributed by atoms with Gasteiger partial charge in [-0.2, -0.15) is 0 Å². The summed E-state index contributed by atoms with van der Waals surface area (Å²) in [5.41, 5.74) is 4.06. The topological polar surface area (TPSA) is 17.1 Å². The van der Waals surface area contributed by atoms with Crippen molar-refractivity contribution < 1.29 is 4.79 Å². The number of carbonyl (C=O) groups excluding carboxylic acids is 1. The summed E-state index contributed by atoms with van der Waals surface area (Å²) in [6.07, 6.45) is 6.51. The van der Waals surface area contributed by atoms with E-state index in [1.165, 1.54) is 17.6 Å². The van der Waals surface area contributed by atoms with Gasteiger partial charge >= 0.3 is 0 Å². The van der Waals surface area contributed by atoms with Gasteiger partial charge in [0, 0.05) is 17.4 Å². The van der Waals surface area contributed by atoms with Gasteiger partial charge in [-0.25, -0.2) is 0 Å². The third kappa shape index (κ3) is 1.57. The van der Waals surface area contributed by atoms with Crippen LogP contribution >= 0.6 is 0 Å². The first-order valence-corrected chi connectivity index (χ1v) is 6.34. The molecule has 0 bridgehead atoms. The third-order valence-corrected chi connectivity index (χ3v) is 4.49. The fourth-order valence-corrected chi connectivity index (χ4v) is 3.53. The highest BCUT2D eigenvalue weighted by Crippen LogP contribution is 2.54. The molecule has 2 aliphatic rings. The summed E-state index contributed by atoms with van der Waals surface area (Å²) in [5.74, 6) is 0.926. The summed E-state index contributed by atoms with van der Waals surface area (Å²) in [5, 5.41) is 0. The highest BCUT2D eigenvalue weighted by molar-refractivity contribution is 6.00. The summed E-state index contributed by atoms with van der Waals surface area (Å²) in [4.78, 5) is 12.1. The van der Waals surface area contributed by atoms with Gasteiger partial charge in [-0.15, -0.1) is 0 Å². The third-order valence-electron chi connectivity index (χ3n) is 4.49. The van der Waals surface area contributed by atoms with E-state index in [4.69, 9.17) is 0 Å². The van der Waals surface area contributed by atoms with Crippen molar-refractivity contribution in [1.82, 2.24) is 0 Å². The predicted octanol–water partition coefficient (Wildman–Crippen LogP) is 4.05. The van der Waals surface area contributed by atoms with Crippen LogP contribution in [-0.2, 0) is 4.79 Å². The molecular weight excluding hydrogens is 196 g/mol. The predicted molar refractivity (Wildman–Crippen MR) is 67.2 cm³/mol. The lowest BCUT2D eigenvalue weighted by Crippen LogP contribution is -2.28. The molecule has 16 heavy (non-hydrogen) atoms. The van der Waals surface area contributed by atoms with Crippen molar-refractivity contribution >= 4 is 5.78 Å². The first-order valence-electron chi connectivity index (χ1n) is 6.34. The smallest absolute Gasteiger partial charge is 0.159 e. The molecule has 0 unspecified atom stereocenters. The number of Topliss-reactive ketones (excluding diaryl/α,β-unsaturated/α-hetero) is 1. The van der Waals surface area contributed by atoms with Crippen LogP contribution in [0.1, 0.15) is 53.4 Å². The maximum Gasteiger partial charge on any atom is 0.159 e. The Morgan fingerprint density at radius 1 is 1.44 bits per heavy atom. The first-order chi connectivity index (χ1) is 7.47. The highest BCUT2D eigenvalue weighted by atomic mass is 16.1. The van der Waals surface area contributed by atoms with Crippen LogP contribution in [0, 0.1) is 11.3 Å². The van der Waals surface area contributed by atoms with Gasteiger partial charge < -0.3 is 0 Å². The van der Waals surface area contributed by atoms with Gasteiger partial charge in [0.2, 0.25) is 0 Å². The van der Waals surface area contributed by atoms with Crippen molar-refractivity contribution in [2.45, 2.75) is 53.4 Å². The summed E-state index contributed by atoms with van der Waals surface area (Å²) >= 11 is 0. The average Bonchev–Trinajstić information content (AvgIpc) is 2.43. The quantitative estimate of drug-likeness (QED) is 0.443. The zero-order chi connectivity index (χ0) is 11.9. The normalized spacial score (nSPS) is 34.5. The minimum Gasteiger partial charge on any atom is -0.295 e. The molecule has 0 aromatic carbocycles. The van der Waals surface area contributed by atoms with Crippen LogP contribution in [0.25, 0.3) is 0 Å². The molecule has 0 saturated heterocycles. The van der Waals surface area contributed by atoms with E-state index < -0.39 is 0 Å². The molecule has 1 fully saturated rings. The van der Waals surface area contributed by atoms with Gasteiger partial charge in [-0.05, 0) is 46.0 Å². The molecule has 0 radical (unpaired) electrons. The zero-order valence-electron chi connectivity index (χ0n) is 10.9. The fraction of sp³-hybridized carbons (Fsp3) is 0.667. The van der Waals surface area contributed by atoms with Crippen LogP contribution in [0.3, 0.4) is 0 Å². The maximum absolute atomic E-state index is 12.1. The lowest BCUT2D eigenvalue weighted by molar-refractivity contribution is -0.114. The summed E-state index contributed by atoms with van der Waals surface area (Å²) in [6.45, 7) is 8.65.